The molecule has 0 bridgehead atoms. The zero-order valence-corrected chi connectivity index (χ0v) is 16.2. The third-order valence-electron chi connectivity index (χ3n) is 6.48. The molecule has 3 aliphatic rings. The number of carbonyl (C=O) groups excluding carboxylic acids is 2. The van der Waals surface area contributed by atoms with Crippen LogP contribution in [-0.4, -0.2) is 61.0 Å². The molecular weight excluding hydrogens is 385 g/mol. The largest absolute Gasteiger partial charge is 0.416 e. The number of morpholine rings is 1. The van der Waals surface area contributed by atoms with E-state index in [0.717, 1.165) is 25.0 Å². The van der Waals surface area contributed by atoms with E-state index in [1.165, 1.54) is 6.07 Å². The highest BCUT2D eigenvalue weighted by Crippen LogP contribution is 2.46. The minimum Gasteiger partial charge on any atom is -0.378 e. The third kappa shape index (κ3) is 4.27. The highest BCUT2D eigenvalue weighted by atomic mass is 19.4. The fraction of sp³-hybridized carbons (Fsp3) is 0.619. The van der Waals surface area contributed by atoms with Gasteiger partial charge in [0.15, 0.2) is 0 Å². The third-order valence-corrected chi connectivity index (χ3v) is 6.48. The van der Waals surface area contributed by atoms with Crippen molar-refractivity contribution in [3.8, 4) is 0 Å². The average Bonchev–Trinajstić information content (AvgIpc) is 2.69. The monoisotopic (exact) mass is 410 g/mol. The van der Waals surface area contributed by atoms with Gasteiger partial charge in [0.25, 0.3) is 0 Å². The Morgan fingerprint density at radius 1 is 1.10 bits per heavy atom. The summed E-state index contributed by atoms with van der Waals surface area (Å²) in [5, 5.41) is 0. The van der Waals surface area contributed by atoms with Crippen LogP contribution in [0.5, 0.6) is 0 Å². The maximum absolute atomic E-state index is 12.9. The van der Waals surface area contributed by atoms with Crippen LogP contribution in [0.4, 0.5) is 13.2 Å². The van der Waals surface area contributed by atoms with Crippen molar-refractivity contribution in [2.75, 3.05) is 39.4 Å². The number of ether oxygens (including phenoxy) is 1. The lowest BCUT2D eigenvalue weighted by atomic mass is 9.61. The second-order valence-electron chi connectivity index (χ2n) is 8.21. The predicted octanol–water partition coefficient (Wildman–Crippen LogP) is 2.59. The smallest absolute Gasteiger partial charge is 0.378 e. The van der Waals surface area contributed by atoms with Gasteiger partial charge >= 0.3 is 6.18 Å². The summed E-state index contributed by atoms with van der Waals surface area (Å²) in [6, 6.07) is 4.93. The molecule has 5 nitrogen and oxygen atoms in total. The Labute approximate surface area is 167 Å². The summed E-state index contributed by atoms with van der Waals surface area (Å²) in [4.78, 5) is 29.1. The number of piperidine rings is 1. The summed E-state index contributed by atoms with van der Waals surface area (Å²) in [6.07, 6.45) is -2.75. The van der Waals surface area contributed by atoms with Crippen molar-refractivity contribution >= 4 is 11.8 Å². The molecule has 29 heavy (non-hydrogen) atoms. The molecule has 2 aliphatic heterocycles. The van der Waals surface area contributed by atoms with Crippen molar-refractivity contribution in [2.45, 2.75) is 25.4 Å². The molecule has 2 heterocycles. The number of likely N-dealkylation sites (tertiary alicyclic amines) is 1. The Kier molecular flexibility index (Phi) is 5.55. The van der Waals surface area contributed by atoms with E-state index in [9.17, 15) is 22.8 Å². The summed E-state index contributed by atoms with van der Waals surface area (Å²) in [5.41, 5.74) is -0.377. The van der Waals surface area contributed by atoms with Crippen LogP contribution in [0.25, 0.3) is 0 Å². The van der Waals surface area contributed by atoms with E-state index >= 15 is 0 Å². The second kappa shape index (κ2) is 7.97. The molecule has 3 fully saturated rings. The Bertz CT molecular complexity index is 777. The van der Waals surface area contributed by atoms with Gasteiger partial charge in [-0.15, -0.1) is 0 Å². The predicted molar refractivity (Wildman–Crippen MR) is 98.8 cm³/mol. The van der Waals surface area contributed by atoms with E-state index in [2.05, 4.69) is 0 Å². The van der Waals surface area contributed by atoms with Crippen LogP contribution in [0.2, 0.25) is 0 Å². The molecule has 2 saturated heterocycles. The van der Waals surface area contributed by atoms with Crippen LogP contribution in [0.15, 0.2) is 24.3 Å². The first-order chi connectivity index (χ1) is 13.8. The minimum atomic E-state index is -4.42. The lowest BCUT2D eigenvalue weighted by molar-refractivity contribution is -0.155. The normalized spacial score (nSPS) is 27.2. The fourth-order valence-corrected chi connectivity index (χ4v) is 4.76. The van der Waals surface area contributed by atoms with Crippen molar-refractivity contribution in [2.24, 2.45) is 17.8 Å². The van der Waals surface area contributed by atoms with E-state index in [1.807, 2.05) is 4.90 Å². The molecule has 1 aromatic carbocycles. The van der Waals surface area contributed by atoms with E-state index in [4.69, 9.17) is 4.74 Å². The highest BCUT2D eigenvalue weighted by Gasteiger charge is 2.49. The molecule has 1 saturated carbocycles. The van der Waals surface area contributed by atoms with Gasteiger partial charge < -0.3 is 14.5 Å². The minimum absolute atomic E-state index is 0.0522. The Morgan fingerprint density at radius 2 is 1.86 bits per heavy atom. The van der Waals surface area contributed by atoms with Crippen LogP contribution in [-0.2, 0) is 26.9 Å². The standard InChI is InChI=1S/C21H25F3N2O3/c22-21(23,24)16-3-1-2-14(10-16)11-19(27)26-5-4-15-12-17(18(15)13-26)20(28)25-6-8-29-9-7-25/h1-3,10,15,17-18H,4-9,11-13H2/t15-,17-,18-/m1/s1. The van der Waals surface area contributed by atoms with Crippen LogP contribution in [0.1, 0.15) is 24.0 Å². The zero-order valence-electron chi connectivity index (χ0n) is 16.2. The second-order valence-corrected chi connectivity index (χ2v) is 8.21. The Balaban J connectivity index is 1.36. The number of carbonyl (C=O) groups is 2. The molecule has 4 rings (SSSR count). The van der Waals surface area contributed by atoms with Crippen LogP contribution < -0.4 is 0 Å². The molecule has 3 atom stereocenters. The topological polar surface area (TPSA) is 49.9 Å². The Hall–Kier alpha value is -2.09. The Morgan fingerprint density at radius 3 is 2.59 bits per heavy atom. The lowest BCUT2D eigenvalue weighted by Gasteiger charge is -2.51. The molecule has 8 heteroatoms. The van der Waals surface area contributed by atoms with Crippen molar-refractivity contribution in [3.05, 3.63) is 35.4 Å². The van der Waals surface area contributed by atoms with Crippen molar-refractivity contribution in [1.82, 2.24) is 9.80 Å². The van der Waals surface area contributed by atoms with Gasteiger partial charge in [-0.2, -0.15) is 13.2 Å². The molecule has 2 amide bonds. The van der Waals surface area contributed by atoms with Crippen molar-refractivity contribution < 1.29 is 27.5 Å². The first-order valence-corrected chi connectivity index (χ1v) is 10.1. The molecular formula is C21H25F3N2O3. The SMILES string of the molecule is O=C(Cc1cccc(C(F)(F)F)c1)N1CC[C@@H]2C[C@@H](C(=O)N3CCOCC3)[C@@H]2C1. The van der Waals surface area contributed by atoms with Crippen LogP contribution in [0.3, 0.4) is 0 Å². The van der Waals surface area contributed by atoms with Gasteiger partial charge in [0.05, 0.1) is 25.2 Å². The quantitative estimate of drug-likeness (QED) is 0.770. The van der Waals surface area contributed by atoms with Gasteiger partial charge in [-0.05, 0) is 36.3 Å². The lowest BCUT2D eigenvalue weighted by Crippen LogP contribution is -2.57. The molecule has 0 unspecified atom stereocenters. The number of halogens is 3. The average molecular weight is 410 g/mol. The van der Waals surface area contributed by atoms with Gasteiger partial charge in [0.1, 0.15) is 0 Å². The van der Waals surface area contributed by atoms with Crippen LogP contribution >= 0.6 is 0 Å². The number of hydrogen-bond donors (Lipinski definition) is 0. The molecule has 0 aromatic heterocycles. The van der Waals surface area contributed by atoms with Crippen LogP contribution in [0, 0.1) is 17.8 Å². The molecule has 0 radical (unpaired) electrons. The molecule has 0 N–H and O–H groups in total. The summed E-state index contributed by atoms with van der Waals surface area (Å²) >= 11 is 0. The summed E-state index contributed by atoms with van der Waals surface area (Å²) < 4.78 is 44.0. The van der Waals surface area contributed by atoms with Gasteiger partial charge in [0, 0.05) is 32.1 Å². The van der Waals surface area contributed by atoms with Gasteiger partial charge in [-0.3, -0.25) is 9.59 Å². The molecule has 1 aliphatic carbocycles. The molecule has 158 valence electrons. The fourth-order valence-electron chi connectivity index (χ4n) is 4.76. The number of benzene rings is 1. The first kappa shape index (κ1) is 20.2. The summed E-state index contributed by atoms with van der Waals surface area (Å²) in [7, 11) is 0. The molecule has 1 aromatic rings. The van der Waals surface area contributed by atoms with E-state index in [-0.39, 0.29) is 30.1 Å². The summed E-state index contributed by atoms with van der Waals surface area (Å²) in [6.45, 7) is 3.48. The maximum atomic E-state index is 12.9. The van der Waals surface area contributed by atoms with E-state index in [0.29, 0.717) is 50.9 Å². The number of alkyl halides is 3. The van der Waals surface area contributed by atoms with Crippen molar-refractivity contribution in [1.29, 1.82) is 0 Å². The summed E-state index contributed by atoms with van der Waals surface area (Å²) in [5.74, 6) is 0.545. The number of amides is 2. The number of hydrogen-bond acceptors (Lipinski definition) is 3. The highest BCUT2D eigenvalue weighted by molar-refractivity contribution is 5.81. The molecule has 0 spiro atoms. The van der Waals surface area contributed by atoms with E-state index in [1.54, 1.807) is 11.0 Å². The first-order valence-electron chi connectivity index (χ1n) is 10.1. The van der Waals surface area contributed by atoms with Crippen molar-refractivity contribution in [3.63, 3.8) is 0 Å². The van der Waals surface area contributed by atoms with Gasteiger partial charge in [0.2, 0.25) is 11.8 Å². The number of nitrogens with zero attached hydrogens (tertiary/aromatic N) is 2. The zero-order chi connectivity index (χ0) is 20.6. The van der Waals surface area contributed by atoms with Gasteiger partial charge in [-0.1, -0.05) is 18.2 Å². The maximum Gasteiger partial charge on any atom is 0.416 e. The number of fused-ring (bicyclic) bond motifs is 1. The van der Waals surface area contributed by atoms with E-state index < -0.39 is 11.7 Å². The van der Waals surface area contributed by atoms with Gasteiger partial charge in [-0.25, -0.2) is 0 Å². The number of rotatable bonds is 3.